The molecule has 1 aliphatic heterocycles. The van der Waals surface area contributed by atoms with Crippen LogP contribution in [-0.2, 0) is 14.3 Å². The van der Waals surface area contributed by atoms with Crippen molar-refractivity contribution in [1.82, 2.24) is 5.06 Å². The summed E-state index contributed by atoms with van der Waals surface area (Å²) in [4.78, 5) is 22.9. The van der Waals surface area contributed by atoms with Crippen molar-refractivity contribution in [2.24, 2.45) is 11.8 Å². The summed E-state index contributed by atoms with van der Waals surface area (Å²) in [5.74, 6) is -1.71. The molecule has 0 aromatic rings. The molecule has 5 nitrogen and oxygen atoms in total. The summed E-state index contributed by atoms with van der Waals surface area (Å²) in [6.45, 7) is 6.91. The van der Waals surface area contributed by atoms with Gasteiger partial charge in [-0.05, 0) is 27.7 Å². The second-order valence-electron chi connectivity index (χ2n) is 5.28. The van der Waals surface area contributed by atoms with E-state index in [9.17, 15) is 14.8 Å². The van der Waals surface area contributed by atoms with Crippen LogP contribution < -0.4 is 0 Å². The second kappa shape index (κ2) is 3.82. The van der Waals surface area contributed by atoms with Crippen LogP contribution in [0, 0.1) is 11.8 Å². The highest BCUT2D eigenvalue weighted by atomic mass is 16.5. The Hall–Kier alpha value is -0.940. The Morgan fingerprint density at radius 2 is 1.81 bits per heavy atom. The highest BCUT2D eigenvalue weighted by molar-refractivity contribution is 5.80. The van der Waals surface area contributed by atoms with Crippen LogP contribution in [0.4, 0.5) is 0 Å². The summed E-state index contributed by atoms with van der Waals surface area (Å²) in [6, 6.07) is 0. The van der Waals surface area contributed by atoms with Crippen molar-refractivity contribution >= 4 is 12.3 Å². The number of hydrogen-bond donors (Lipinski definition) is 1. The maximum Gasteiger partial charge on any atom is 0.311 e. The van der Waals surface area contributed by atoms with Crippen LogP contribution in [0.5, 0.6) is 0 Å². The van der Waals surface area contributed by atoms with Gasteiger partial charge in [0.05, 0.1) is 24.1 Å². The lowest BCUT2D eigenvalue weighted by Gasteiger charge is -2.35. The number of carbonyl (C=O) groups excluding carboxylic acids is 2. The summed E-state index contributed by atoms with van der Waals surface area (Å²) in [5, 5.41) is 11.2. The Morgan fingerprint density at radius 3 is 2.19 bits per heavy atom. The highest BCUT2D eigenvalue weighted by Gasteiger charge is 2.61. The number of rotatable bonds is 2. The van der Waals surface area contributed by atoms with E-state index in [2.05, 4.69) is 0 Å². The summed E-state index contributed by atoms with van der Waals surface area (Å²) in [7, 11) is 1.29. The van der Waals surface area contributed by atoms with E-state index < -0.39 is 28.9 Å². The van der Waals surface area contributed by atoms with Crippen molar-refractivity contribution in [3.05, 3.63) is 0 Å². The van der Waals surface area contributed by atoms with Crippen LogP contribution >= 0.6 is 0 Å². The molecule has 0 amide bonds. The Balaban J connectivity index is 3.24. The third-order valence-corrected chi connectivity index (χ3v) is 3.63. The monoisotopic (exact) mass is 229 g/mol. The summed E-state index contributed by atoms with van der Waals surface area (Å²) < 4.78 is 4.71. The van der Waals surface area contributed by atoms with Crippen LogP contribution in [0.1, 0.15) is 27.7 Å². The van der Waals surface area contributed by atoms with E-state index in [1.54, 1.807) is 27.7 Å². The first-order chi connectivity index (χ1) is 7.21. The Labute approximate surface area is 95.3 Å². The number of methoxy groups -OCH3 is 1. The van der Waals surface area contributed by atoms with Crippen molar-refractivity contribution in [3.8, 4) is 0 Å². The third-order valence-electron chi connectivity index (χ3n) is 3.63. The molecular weight excluding hydrogens is 210 g/mol. The molecule has 0 saturated carbocycles. The van der Waals surface area contributed by atoms with Gasteiger partial charge in [0.25, 0.3) is 0 Å². The van der Waals surface area contributed by atoms with E-state index in [0.29, 0.717) is 0 Å². The average molecular weight is 229 g/mol. The first kappa shape index (κ1) is 13.1. The van der Waals surface area contributed by atoms with E-state index in [0.717, 1.165) is 11.3 Å². The molecule has 1 aliphatic rings. The number of nitrogens with zero attached hydrogens (tertiary/aromatic N) is 1. The molecule has 16 heavy (non-hydrogen) atoms. The van der Waals surface area contributed by atoms with Gasteiger partial charge in [0.15, 0.2) is 0 Å². The molecule has 1 rings (SSSR count). The summed E-state index contributed by atoms with van der Waals surface area (Å²) in [6.07, 6.45) is 0.722. The second-order valence-corrected chi connectivity index (χ2v) is 5.28. The van der Waals surface area contributed by atoms with Crippen molar-refractivity contribution in [3.63, 3.8) is 0 Å². The van der Waals surface area contributed by atoms with E-state index in [-0.39, 0.29) is 0 Å². The Bertz CT molecular complexity index is 311. The van der Waals surface area contributed by atoms with Gasteiger partial charge in [-0.1, -0.05) is 0 Å². The van der Waals surface area contributed by atoms with Gasteiger partial charge in [-0.2, -0.15) is 5.06 Å². The Kier molecular flexibility index (Phi) is 3.13. The molecular formula is C11H19NO4. The maximum atomic E-state index is 11.7. The van der Waals surface area contributed by atoms with E-state index in [4.69, 9.17) is 4.74 Å². The van der Waals surface area contributed by atoms with Gasteiger partial charge in [0.1, 0.15) is 6.29 Å². The molecule has 1 heterocycles. The zero-order chi connectivity index (χ0) is 12.7. The zero-order valence-electron chi connectivity index (χ0n) is 10.4. The summed E-state index contributed by atoms with van der Waals surface area (Å²) in [5.41, 5.74) is -1.59. The lowest BCUT2D eigenvalue weighted by molar-refractivity contribution is -0.201. The van der Waals surface area contributed by atoms with Crippen LogP contribution in [0.3, 0.4) is 0 Å². The molecule has 0 spiro atoms. The molecule has 0 radical (unpaired) electrons. The number of hydrogen-bond acceptors (Lipinski definition) is 5. The minimum absolute atomic E-state index is 0.466. The van der Waals surface area contributed by atoms with Crippen molar-refractivity contribution in [1.29, 1.82) is 0 Å². The topological polar surface area (TPSA) is 66.8 Å². The largest absolute Gasteiger partial charge is 0.469 e. The Morgan fingerprint density at radius 1 is 1.31 bits per heavy atom. The van der Waals surface area contributed by atoms with Crippen LogP contribution in [0.2, 0.25) is 0 Å². The van der Waals surface area contributed by atoms with Crippen LogP contribution in [-0.4, -0.2) is 40.7 Å². The fourth-order valence-corrected chi connectivity index (χ4v) is 2.67. The normalized spacial score (nSPS) is 32.4. The number of esters is 1. The number of ether oxygens (including phenoxy) is 1. The predicted octanol–water partition coefficient (Wildman–Crippen LogP) is 0.853. The maximum absolute atomic E-state index is 11.7. The fraction of sp³-hybridized carbons (Fsp3) is 0.818. The number of hydroxylamine groups is 2. The minimum Gasteiger partial charge on any atom is -0.469 e. The van der Waals surface area contributed by atoms with Crippen molar-refractivity contribution in [2.75, 3.05) is 7.11 Å². The predicted molar refractivity (Wildman–Crippen MR) is 56.8 cm³/mol. The van der Waals surface area contributed by atoms with Gasteiger partial charge in [-0.3, -0.25) is 4.79 Å². The number of carbonyl (C=O) groups is 2. The molecule has 0 bridgehead atoms. The molecule has 1 saturated heterocycles. The number of aldehydes is 1. The van der Waals surface area contributed by atoms with Gasteiger partial charge in [-0.15, -0.1) is 0 Å². The van der Waals surface area contributed by atoms with Crippen molar-refractivity contribution < 1.29 is 19.5 Å². The van der Waals surface area contributed by atoms with Crippen LogP contribution in [0.25, 0.3) is 0 Å². The molecule has 5 heteroatoms. The van der Waals surface area contributed by atoms with Crippen molar-refractivity contribution in [2.45, 2.75) is 38.8 Å². The first-order valence-corrected chi connectivity index (χ1v) is 5.23. The molecule has 0 unspecified atom stereocenters. The average Bonchev–Trinajstić information content (AvgIpc) is 2.34. The smallest absolute Gasteiger partial charge is 0.311 e. The van der Waals surface area contributed by atoms with Gasteiger partial charge in [-0.25, -0.2) is 0 Å². The fourth-order valence-electron chi connectivity index (χ4n) is 2.67. The minimum atomic E-state index is -0.817. The lowest BCUT2D eigenvalue weighted by atomic mass is 9.78. The molecule has 1 fully saturated rings. The molecule has 92 valence electrons. The van der Waals surface area contributed by atoms with Gasteiger partial charge >= 0.3 is 5.97 Å². The summed E-state index contributed by atoms with van der Waals surface area (Å²) >= 11 is 0. The zero-order valence-corrected chi connectivity index (χ0v) is 10.4. The molecule has 0 aromatic carbocycles. The molecule has 2 atom stereocenters. The lowest BCUT2D eigenvalue weighted by Crippen LogP contribution is -2.48. The third kappa shape index (κ3) is 1.55. The standard InChI is InChI=1S/C11H19NO4/c1-10(2)7(6-13)8(9(14)16-5)11(3,4)12(10)15/h6-8,15H,1-5H3/t7-,8-/m1/s1. The first-order valence-electron chi connectivity index (χ1n) is 5.23. The molecule has 0 aromatic heterocycles. The van der Waals surface area contributed by atoms with Gasteiger partial charge in [0.2, 0.25) is 0 Å². The van der Waals surface area contributed by atoms with Gasteiger partial charge in [0, 0.05) is 5.92 Å². The van der Waals surface area contributed by atoms with E-state index in [1.165, 1.54) is 7.11 Å². The van der Waals surface area contributed by atoms with Crippen LogP contribution in [0.15, 0.2) is 0 Å². The highest BCUT2D eigenvalue weighted by Crippen LogP contribution is 2.47. The van der Waals surface area contributed by atoms with E-state index in [1.807, 2.05) is 0 Å². The molecule has 1 N–H and O–H groups in total. The van der Waals surface area contributed by atoms with E-state index >= 15 is 0 Å². The quantitative estimate of drug-likeness (QED) is 0.561. The molecule has 0 aliphatic carbocycles. The SMILES string of the molecule is COC(=O)[C@H]1[C@@H](C=O)C(C)(C)N(O)C1(C)C. The van der Waals surface area contributed by atoms with Gasteiger partial charge < -0.3 is 14.7 Å².